The summed E-state index contributed by atoms with van der Waals surface area (Å²) in [7, 11) is 2.07. The van der Waals surface area contributed by atoms with Gasteiger partial charge < -0.3 is 4.90 Å². The van der Waals surface area contributed by atoms with Gasteiger partial charge in [-0.25, -0.2) is 0 Å². The first kappa shape index (κ1) is 19.3. The van der Waals surface area contributed by atoms with Crippen molar-refractivity contribution in [3.63, 3.8) is 0 Å². The van der Waals surface area contributed by atoms with Crippen LogP contribution in [0.2, 0.25) is 0 Å². The summed E-state index contributed by atoms with van der Waals surface area (Å²) in [5, 5.41) is 1.09. The van der Waals surface area contributed by atoms with Crippen LogP contribution in [0, 0.1) is 0 Å². The summed E-state index contributed by atoms with van der Waals surface area (Å²) < 4.78 is 0. The highest BCUT2D eigenvalue weighted by Gasteiger charge is 2.33. The van der Waals surface area contributed by atoms with E-state index in [0.717, 1.165) is 23.0 Å². The van der Waals surface area contributed by atoms with Crippen LogP contribution in [-0.4, -0.2) is 41.5 Å². The molecule has 5 heteroatoms. The zero-order valence-electron chi connectivity index (χ0n) is 16.2. The van der Waals surface area contributed by atoms with Gasteiger partial charge in [0.05, 0.1) is 6.04 Å². The van der Waals surface area contributed by atoms with Gasteiger partial charge in [-0.2, -0.15) is 0 Å². The number of rotatable bonds is 5. The largest absolute Gasteiger partial charge is 0.333 e. The number of benzene rings is 1. The molecule has 1 aliphatic carbocycles. The molecule has 0 radical (unpaired) electrons. The third kappa shape index (κ3) is 4.43. The lowest BCUT2D eigenvalue weighted by atomic mass is 10.0. The number of nitrogens with zero attached hydrogens (tertiary/aromatic N) is 3. The molecular weight excluding hydrogens is 342 g/mol. The molecule has 1 aromatic carbocycles. The highest BCUT2D eigenvalue weighted by Crippen LogP contribution is 2.30. The van der Waals surface area contributed by atoms with E-state index < -0.39 is 0 Å². The number of amides is 1. The van der Waals surface area contributed by atoms with E-state index in [4.69, 9.17) is 4.99 Å². The Morgan fingerprint density at radius 3 is 2.38 bits per heavy atom. The van der Waals surface area contributed by atoms with Gasteiger partial charge in [-0.15, -0.1) is 0 Å². The maximum atomic E-state index is 11.8. The molecule has 1 unspecified atom stereocenters. The van der Waals surface area contributed by atoms with Crippen LogP contribution in [0.5, 0.6) is 0 Å². The lowest BCUT2D eigenvalue weighted by Crippen LogP contribution is -2.45. The minimum Gasteiger partial charge on any atom is -0.333 e. The standard InChI is InChI=1S/C21H31N3OS/c1-16(2)17-10-12-19(13-11-17)24(15-25)20-14-26-21(23(20)3)22-18-8-6-4-5-7-9-18/h10-13,15-16,18,20H,4-9,14H2,1-3H3. The van der Waals surface area contributed by atoms with Crippen LogP contribution < -0.4 is 4.90 Å². The average molecular weight is 374 g/mol. The second-order valence-corrected chi connectivity index (χ2v) is 8.71. The van der Waals surface area contributed by atoms with Crippen molar-refractivity contribution in [2.45, 2.75) is 70.5 Å². The van der Waals surface area contributed by atoms with Gasteiger partial charge in [-0.05, 0) is 36.5 Å². The van der Waals surface area contributed by atoms with Gasteiger partial charge in [0.25, 0.3) is 0 Å². The summed E-state index contributed by atoms with van der Waals surface area (Å²) in [6.45, 7) is 4.37. The van der Waals surface area contributed by atoms with Crippen LogP contribution >= 0.6 is 11.8 Å². The van der Waals surface area contributed by atoms with Gasteiger partial charge in [-0.3, -0.25) is 14.7 Å². The van der Waals surface area contributed by atoms with E-state index >= 15 is 0 Å². The van der Waals surface area contributed by atoms with E-state index in [-0.39, 0.29) is 6.17 Å². The van der Waals surface area contributed by atoms with Gasteiger partial charge in [0, 0.05) is 18.5 Å². The van der Waals surface area contributed by atoms with Crippen molar-refractivity contribution in [2.75, 3.05) is 17.7 Å². The highest BCUT2D eigenvalue weighted by atomic mass is 32.2. The highest BCUT2D eigenvalue weighted by molar-refractivity contribution is 8.14. The fourth-order valence-corrected chi connectivity index (χ4v) is 4.99. The monoisotopic (exact) mass is 373 g/mol. The number of carbonyl (C=O) groups is 1. The Kier molecular flexibility index (Phi) is 6.63. The first-order chi connectivity index (χ1) is 12.6. The zero-order valence-corrected chi connectivity index (χ0v) is 17.0. The number of thioether (sulfide) groups is 1. The van der Waals surface area contributed by atoms with Crippen molar-refractivity contribution in [2.24, 2.45) is 4.99 Å². The lowest BCUT2D eigenvalue weighted by molar-refractivity contribution is -0.108. The van der Waals surface area contributed by atoms with Crippen molar-refractivity contribution in [1.82, 2.24) is 4.90 Å². The SMILES string of the molecule is CC(C)c1ccc(N(C=O)C2CSC(=NC3CCCCCC3)N2C)cc1. The second kappa shape index (κ2) is 8.94. The molecule has 1 aliphatic heterocycles. The minimum atomic E-state index is 0.0342. The number of anilines is 1. The van der Waals surface area contributed by atoms with Crippen LogP contribution in [-0.2, 0) is 4.79 Å². The van der Waals surface area contributed by atoms with E-state index in [1.807, 2.05) is 4.90 Å². The Morgan fingerprint density at radius 2 is 1.81 bits per heavy atom. The summed E-state index contributed by atoms with van der Waals surface area (Å²) in [6, 6.07) is 8.82. The summed E-state index contributed by atoms with van der Waals surface area (Å²) >= 11 is 1.78. The molecule has 26 heavy (non-hydrogen) atoms. The number of hydrogen-bond acceptors (Lipinski definition) is 3. The summed E-state index contributed by atoms with van der Waals surface area (Å²) in [4.78, 5) is 20.9. The van der Waals surface area contributed by atoms with Crippen molar-refractivity contribution >= 4 is 29.0 Å². The molecule has 1 saturated carbocycles. The molecule has 1 atom stereocenters. The van der Waals surface area contributed by atoms with Crippen molar-refractivity contribution in [1.29, 1.82) is 0 Å². The summed E-state index contributed by atoms with van der Waals surface area (Å²) in [5.41, 5.74) is 2.25. The Balaban J connectivity index is 1.72. The predicted octanol–water partition coefficient (Wildman–Crippen LogP) is 4.86. The van der Waals surface area contributed by atoms with Gasteiger partial charge >= 0.3 is 0 Å². The maximum absolute atomic E-state index is 11.8. The second-order valence-electron chi connectivity index (χ2n) is 7.72. The smallest absolute Gasteiger partial charge is 0.215 e. The molecular formula is C21H31N3OS. The van der Waals surface area contributed by atoms with E-state index in [9.17, 15) is 4.79 Å². The molecule has 4 nitrogen and oxygen atoms in total. The first-order valence-corrected chi connectivity index (χ1v) is 10.9. The third-order valence-electron chi connectivity index (χ3n) is 5.52. The van der Waals surface area contributed by atoms with Crippen LogP contribution in [0.25, 0.3) is 0 Å². The van der Waals surface area contributed by atoms with Crippen molar-refractivity contribution < 1.29 is 4.79 Å². The number of amidine groups is 1. The molecule has 1 aromatic rings. The quantitative estimate of drug-likeness (QED) is 0.546. The molecule has 0 aromatic heterocycles. The molecule has 2 aliphatic rings. The van der Waals surface area contributed by atoms with Gasteiger partial charge in [0.1, 0.15) is 6.17 Å². The predicted molar refractivity (Wildman–Crippen MR) is 112 cm³/mol. The normalized spacial score (nSPS) is 23.5. The van der Waals surface area contributed by atoms with E-state index in [1.165, 1.54) is 44.1 Å². The molecule has 142 valence electrons. The summed E-state index contributed by atoms with van der Waals surface area (Å²) in [6.07, 6.45) is 8.68. The Morgan fingerprint density at radius 1 is 1.15 bits per heavy atom. The molecule has 2 fully saturated rings. The average Bonchev–Trinajstić information content (AvgIpc) is 2.85. The van der Waals surface area contributed by atoms with Gasteiger partial charge in [-0.1, -0.05) is 63.4 Å². The maximum Gasteiger partial charge on any atom is 0.215 e. The first-order valence-electron chi connectivity index (χ1n) is 9.87. The number of hydrogen-bond donors (Lipinski definition) is 0. The topological polar surface area (TPSA) is 35.9 Å². The minimum absolute atomic E-state index is 0.0342. The molecule has 0 N–H and O–H groups in total. The van der Waals surface area contributed by atoms with Crippen LogP contribution in [0.3, 0.4) is 0 Å². The van der Waals surface area contributed by atoms with E-state index in [1.54, 1.807) is 11.8 Å². The molecule has 1 heterocycles. The van der Waals surface area contributed by atoms with Crippen LogP contribution in [0.1, 0.15) is 63.9 Å². The van der Waals surface area contributed by atoms with E-state index in [0.29, 0.717) is 12.0 Å². The Bertz CT molecular complexity index is 621. The zero-order chi connectivity index (χ0) is 18.5. The molecule has 0 bridgehead atoms. The Labute approximate surface area is 162 Å². The van der Waals surface area contributed by atoms with Crippen LogP contribution in [0.4, 0.5) is 5.69 Å². The fraction of sp³-hybridized carbons (Fsp3) is 0.619. The number of aliphatic imine (C=N–C) groups is 1. The summed E-state index contributed by atoms with van der Waals surface area (Å²) in [5.74, 6) is 1.36. The molecule has 0 spiro atoms. The molecule has 3 rings (SSSR count). The van der Waals surface area contributed by atoms with E-state index in [2.05, 4.69) is 50.1 Å². The molecule has 1 saturated heterocycles. The van der Waals surface area contributed by atoms with Crippen molar-refractivity contribution in [3.8, 4) is 0 Å². The number of carbonyl (C=O) groups excluding carboxylic acids is 1. The van der Waals surface area contributed by atoms with Gasteiger partial charge in [0.2, 0.25) is 6.41 Å². The third-order valence-corrected chi connectivity index (χ3v) is 6.64. The van der Waals surface area contributed by atoms with Gasteiger partial charge in [0.15, 0.2) is 5.17 Å². The Hall–Kier alpha value is -1.49. The fourth-order valence-electron chi connectivity index (χ4n) is 3.76. The van der Waals surface area contributed by atoms with Crippen molar-refractivity contribution in [3.05, 3.63) is 29.8 Å². The van der Waals surface area contributed by atoms with Crippen LogP contribution in [0.15, 0.2) is 29.3 Å². The molecule has 1 amide bonds. The lowest BCUT2D eigenvalue weighted by Gasteiger charge is -2.30.